The van der Waals surface area contributed by atoms with Crippen molar-refractivity contribution < 1.29 is 9.84 Å². The number of hydrogen-bond donors (Lipinski definition) is 2. The minimum absolute atomic E-state index is 0.310. The first-order chi connectivity index (χ1) is 6.14. The van der Waals surface area contributed by atoms with E-state index in [1.807, 2.05) is 0 Å². The average molecular weight is 188 g/mol. The molecule has 0 radical (unpaired) electrons. The van der Waals surface area contributed by atoms with Gasteiger partial charge in [-0.1, -0.05) is 0 Å². The van der Waals surface area contributed by atoms with Crippen molar-refractivity contribution in [2.75, 3.05) is 39.4 Å². The van der Waals surface area contributed by atoms with E-state index in [2.05, 4.69) is 4.90 Å². The summed E-state index contributed by atoms with van der Waals surface area (Å²) in [5.41, 5.74) is 4.70. The first kappa shape index (κ1) is 10.9. The lowest BCUT2D eigenvalue weighted by molar-refractivity contribution is 0.0264. The van der Waals surface area contributed by atoms with Gasteiger partial charge in [0.1, 0.15) is 0 Å². The van der Waals surface area contributed by atoms with E-state index < -0.39 is 5.60 Å². The summed E-state index contributed by atoms with van der Waals surface area (Å²) in [6, 6.07) is 0. The molecule has 4 nitrogen and oxygen atoms in total. The van der Waals surface area contributed by atoms with Gasteiger partial charge in [-0.05, 0) is 13.3 Å². The minimum atomic E-state index is -0.760. The Labute approximate surface area is 79.7 Å². The van der Waals surface area contributed by atoms with Crippen LogP contribution in [0.5, 0.6) is 0 Å². The Bertz CT molecular complexity index is 143. The molecule has 1 aliphatic heterocycles. The SMILES string of the molecule is CC(O)(CN)CN1CCCOCC1. The van der Waals surface area contributed by atoms with E-state index in [9.17, 15) is 5.11 Å². The monoisotopic (exact) mass is 188 g/mol. The number of β-amino-alcohol motifs (C(OH)–C–C–N with tert-alkyl or cyclic N) is 1. The molecule has 0 bridgehead atoms. The fraction of sp³-hybridized carbons (Fsp3) is 1.00. The summed E-state index contributed by atoms with van der Waals surface area (Å²) in [5.74, 6) is 0. The lowest BCUT2D eigenvalue weighted by atomic mass is 10.1. The van der Waals surface area contributed by atoms with Gasteiger partial charge in [-0.25, -0.2) is 0 Å². The lowest BCUT2D eigenvalue weighted by Gasteiger charge is -2.29. The van der Waals surface area contributed by atoms with Crippen molar-refractivity contribution in [3.63, 3.8) is 0 Å². The first-order valence-corrected chi connectivity index (χ1v) is 4.86. The van der Waals surface area contributed by atoms with E-state index in [4.69, 9.17) is 10.5 Å². The van der Waals surface area contributed by atoms with E-state index in [0.29, 0.717) is 13.1 Å². The second-order valence-electron chi connectivity index (χ2n) is 3.94. The van der Waals surface area contributed by atoms with Crippen molar-refractivity contribution in [2.24, 2.45) is 5.73 Å². The van der Waals surface area contributed by atoms with Crippen LogP contribution in [0.15, 0.2) is 0 Å². The Kier molecular flexibility index (Phi) is 4.12. The van der Waals surface area contributed by atoms with Gasteiger partial charge in [-0.2, -0.15) is 0 Å². The predicted molar refractivity (Wildman–Crippen MR) is 51.6 cm³/mol. The minimum Gasteiger partial charge on any atom is -0.388 e. The molecular weight excluding hydrogens is 168 g/mol. The Hall–Kier alpha value is -0.160. The van der Waals surface area contributed by atoms with Crippen LogP contribution in [0.25, 0.3) is 0 Å². The molecule has 78 valence electrons. The van der Waals surface area contributed by atoms with Crippen molar-refractivity contribution in [1.82, 2.24) is 4.90 Å². The summed E-state index contributed by atoms with van der Waals surface area (Å²) in [7, 11) is 0. The largest absolute Gasteiger partial charge is 0.388 e. The van der Waals surface area contributed by atoms with Crippen LogP contribution in [0, 0.1) is 0 Å². The van der Waals surface area contributed by atoms with Gasteiger partial charge in [0.25, 0.3) is 0 Å². The molecule has 0 amide bonds. The Morgan fingerprint density at radius 2 is 2.23 bits per heavy atom. The highest BCUT2D eigenvalue weighted by molar-refractivity contribution is 4.78. The van der Waals surface area contributed by atoms with E-state index in [0.717, 1.165) is 32.7 Å². The van der Waals surface area contributed by atoms with Crippen LogP contribution in [0.2, 0.25) is 0 Å². The molecule has 1 heterocycles. The summed E-state index contributed by atoms with van der Waals surface area (Å²) in [6.07, 6.45) is 1.04. The highest BCUT2D eigenvalue weighted by Crippen LogP contribution is 2.07. The summed E-state index contributed by atoms with van der Waals surface area (Å²) < 4.78 is 5.32. The topological polar surface area (TPSA) is 58.7 Å². The maximum Gasteiger partial charge on any atom is 0.0867 e. The first-order valence-electron chi connectivity index (χ1n) is 4.86. The normalized spacial score (nSPS) is 25.2. The maximum atomic E-state index is 9.76. The molecular formula is C9H20N2O2. The van der Waals surface area contributed by atoms with Crippen LogP contribution >= 0.6 is 0 Å². The summed E-state index contributed by atoms with van der Waals surface area (Å²) in [4.78, 5) is 2.21. The number of ether oxygens (including phenoxy) is 1. The molecule has 13 heavy (non-hydrogen) atoms. The molecule has 0 aliphatic carbocycles. The van der Waals surface area contributed by atoms with E-state index >= 15 is 0 Å². The summed E-state index contributed by atoms with van der Waals surface area (Å²) in [5, 5.41) is 9.76. The molecule has 1 rings (SSSR count). The van der Waals surface area contributed by atoms with Crippen molar-refractivity contribution in [3.05, 3.63) is 0 Å². The standard InChI is InChI=1S/C9H20N2O2/c1-9(12,7-10)8-11-3-2-5-13-6-4-11/h12H,2-8,10H2,1H3. The Balaban J connectivity index is 2.33. The third kappa shape index (κ3) is 4.04. The number of nitrogens with two attached hydrogens (primary N) is 1. The van der Waals surface area contributed by atoms with Crippen molar-refractivity contribution >= 4 is 0 Å². The zero-order valence-electron chi connectivity index (χ0n) is 8.33. The second-order valence-corrected chi connectivity index (χ2v) is 3.94. The van der Waals surface area contributed by atoms with Gasteiger partial charge in [0.2, 0.25) is 0 Å². The third-order valence-corrected chi connectivity index (χ3v) is 2.32. The molecule has 0 aromatic rings. The fourth-order valence-corrected chi connectivity index (χ4v) is 1.50. The van der Waals surface area contributed by atoms with Crippen LogP contribution in [0.3, 0.4) is 0 Å². The number of rotatable bonds is 3. The van der Waals surface area contributed by atoms with Gasteiger partial charge in [0.05, 0.1) is 12.2 Å². The lowest BCUT2D eigenvalue weighted by Crippen LogP contribution is -2.46. The van der Waals surface area contributed by atoms with Gasteiger partial charge >= 0.3 is 0 Å². The van der Waals surface area contributed by atoms with Crippen LogP contribution in [0.4, 0.5) is 0 Å². The van der Waals surface area contributed by atoms with Gasteiger partial charge in [0.15, 0.2) is 0 Å². The molecule has 3 N–H and O–H groups in total. The fourth-order valence-electron chi connectivity index (χ4n) is 1.50. The van der Waals surface area contributed by atoms with Crippen molar-refractivity contribution in [3.8, 4) is 0 Å². The summed E-state index contributed by atoms with van der Waals surface area (Å²) in [6.45, 7) is 6.23. The average Bonchev–Trinajstić information content (AvgIpc) is 2.32. The molecule has 4 heteroatoms. The molecule has 0 saturated carbocycles. The highest BCUT2D eigenvalue weighted by Gasteiger charge is 2.22. The van der Waals surface area contributed by atoms with Crippen LogP contribution in [0.1, 0.15) is 13.3 Å². The van der Waals surface area contributed by atoms with Gasteiger partial charge in [0, 0.05) is 32.8 Å². The van der Waals surface area contributed by atoms with E-state index in [-0.39, 0.29) is 0 Å². The summed E-state index contributed by atoms with van der Waals surface area (Å²) >= 11 is 0. The maximum absolute atomic E-state index is 9.76. The molecule has 0 aromatic carbocycles. The van der Waals surface area contributed by atoms with Gasteiger partial charge in [-0.15, -0.1) is 0 Å². The predicted octanol–water partition coefficient (Wildman–Crippen LogP) is -0.582. The second kappa shape index (κ2) is 4.91. The number of nitrogens with zero attached hydrogens (tertiary/aromatic N) is 1. The molecule has 0 aromatic heterocycles. The van der Waals surface area contributed by atoms with E-state index in [1.54, 1.807) is 6.92 Å². The van der Waals surface area contributed by atoms with Crippen molar-refractivity contribution in [1.29, 1.82) is 0 Å². The molecule has 1 unspecified atom stereocenters. The third-order valence-electron chi connectivity index (χ3n) is 2.32. The highest BCUT2D eigenvalue weighted by atomic mass is 16.5. The smallest absolute Gasteiger partial charge is 0.0867 e. The van der Waals surface area contributed by atoms with Crippen molar-refractivity contribution in [2.45, 2.75) is 18.9 Å². The molecule has 1 atom stereocenters. The van der Waals surface area contributed by atoms with Crippen LogP contribution in [-0.2, 0) is 4.74 Å². The van der Waals surface area contributed by atoms with Crippen LogP contribution in [-0.4, -0.2) is 55.0 Å². The Morgan fingerprint density at radius 3 is 2.92 bits per heavy atom. The molecule has 1 fully saturated rings. The number of aliphatic hydroxyl groups is 1. The van der Waals surface area contributed by atoms with Gasteiger partial charge < -0.3 is 15.6 Å². The molecule has 1 aliphatic rings. The molecule has 0 spiro atoms. The van der Waals surface area contributed by atoms with Crippen LogP contribution < -0.4 is 5.73 Å². The zero-order chi connectivity index (χ0) is 9.73. The zero-order valence-corrected chi connectivity index (χ0v) is 8.33. The van der Waals surface area contributed by atoms with Gasteiger partial charge in [-0.3, -0.25) is 4.90 Å². The Morgan fingerprint density at radius 1 is 1.46 bits per heavy atom. The molecule has 1 saturated heterocycles. The van der Waals surface area contributed by atoms with E-state index in [1.165, 1.54) is 0 Å². The quantitative estimate of drug-likeness (QED) is 0.622. The number of hydrogen-bond acceptors (Lipinski definition) is 4.